The van der Waals surface area contributed by atoms with Crippen LogP contribution in [0, 0.1) is 0 Å². The Morgan fingerprint density at radius 2 is 2.06 bits per heavy atom. The first-order valence-electron chi connectivity index (χ1n) is 5.23. The van der Waals surface area contributed by atoms with Crippen molar-refractivity contribution >= 4 is 23.6 Å². The molecule has 1 rings (SSSR count). The molecule has 3 heteroatoms. The first kappa shape index (κ1) is 12.8. The molecule has 0 aliphatic rings. The van der Waals surface area contributed by atoms with E-state index in [0.29, 0.717) is 11.6 Å². The quantitative estimate of drug-likeness (QED) is 0.339. The van der Waals surface area contributed by atoms with Gasteiger partial charge in [0.15, 0.2) is 0 Å². The van der Waals surface area contributed by atoms with E-state index in [1.807, 2.05) is 18.2 Å². The summed E-state index contributed by atoms with van der Waals surface area (Å²) < 4.78 is 4.93. The van der Waals surface area contributed by atoms with Crippen molar-refractivity contribution in [2.75, 3.05) is 5.88 Å². The Bertz CT molecular complexity index is 355. The van der Waals surface area contributed by atoms with Crippen LogP contribution >= 0.6 is 11.6 Å². The third-order valence-electron chi connectivity index (χ3n) is 1.96. The van der Waals surface area contributed by atoms with Gasteiger partial charge in [0.05, 0.1) is 0 Å². The predicted octanol–water partition coefficient (Wildman–Crippen LogP) is 3.64. The normalized spacial score (nSPS) is 10.6. The van der Waals surface area contributed by atoms with Crippen LogP contribution in [-0.2, 0) is 4.79 Å². The Hall–Kier alpha value is -1.28. The maximum absolute atomic E-state index is 10.7. The zero-order valence-corrected chi connectivity index (χ0v) is 10.0. The summed E-state index contributed by atoms with van der Waals surface area (Å²) in [6, 6.07) is 7.39. The number of halogens is 1. The molecule has 0 aliphatic carbocycles. The van der Waals surface area contributed by atoms with Gasteiger partial charge in [0, 0.05) is 12.8 Å². The van der Waals surface area contributed by atoms with E-state index < -0.39 is 0 Å². The van der Waals surface area contributed by atoms with E-state index in [1.165, 1.54) is 6.92 Å². The van der Waals surface area contributed by atoms with Gasteiger partial charge in [0.25, 0.3) is 0 Å². The van der Waals surface area contributed by atoms with E-state index in [1.54, 1.807) is 12.1 Å². The van der Waals surface area contributed by atoms with Crippen LogP contribution in [0.3, 0.4) is 0 Å². The van der Waals surface area contributed by atoms with Gasteiger partial charge in [-0.25, -0.2) is 0 Å². The van der Waals surface area contributed by atoms with Gasteiger partial charge in [0.2, 0.25) is 0 Å². The van der Waals surface area contributed by atoms with E-state index in [-0.39, 0.29) is 5.97 Å². The Kier molecular flexibility index (Phi) is 5.65. The standard InChI is InChI=1S/C13H15ClO2/c1-11(15)16-13-8-6-12(7-9-13)5-3-2-4-10-14/h3,5-9H,2,4,10H2,1H3. The first-order valence-corrected chi connectivity index (χ1v) is 5.77. The Morgan fingerprint density at radius 1 is 1.38 bits per heavy atom. The minimum absolute atomic E-state index is 0.301. The number of hydrogen-bond acceptors (Lipinski definition) is 2. The predicted molar refractivity (Wildman–Crippen MR) is 66.7 cm³/mol. The average molecular weight is 239 g/mol. The summed E-state index contributed by atoms with van der Waals surface area (Å²) in [6.07, 6.45) is 6.09. The molecule has 0 bridgehead atoms. The van der Waals surface area contributed by atoms with Crippen molar-refractivity contribution in [2.45, 2.75) is 19.8 Å². The van der Waals surface area contributed by atoms with Gasteiger partial charge in [-0.2, -0.15) is 0 Å². The molecule has 0 spiro atoms. The number of carbonyl (C=O) groups excluding carboxylic acids is 1. The van der Waals surface area contributed by atoms with Crippen LogP contribution in [0.2, 0.25) is 0 Å². The fourth-order valence-corrected chi connectivity index (χ4v) is 1.38. The fourth-order valence-electron chi connectivity index (χ4n) is 1.23. The molecule has 0 aromatic heterocycles. The minimum Gasteiger partial charge on any atom is -0.427 e. The molecule has 0 unspecified atom stereocenters. The zero-order chi connectivity index (χ0) is 11.8. The number of rotatable bonds is 5. The summed E-state index contributed by atoms with van der Waals surface area (Å²) >= 11 is 5.57. The second kappa shape index (κ2) is 7.07. The largest absolute Gasteiger partial charge is 0.427 e. The van der Waals surface area contributed by atoms with Crippen LogP contribution in [0.25, 0.3) is 6.08 Å². The van der Waals surface area contributed by atoms with Crippen molar-refractivity contribution in [3.05, 3.63) is 35.9 Å². The molecule has 1 aromatic rings. The Labute approximate surface area is 101 Å². The second-order valence-electron chi connectivity index (χ2n) is 3.40. The highest BCUT2D eigenvalue weighted by molar-refractivity contribution is 6.17. The Morgan fingerprint density at radius 3 is 2.62 bits per heavy atom. The highest BCUT2D eigenvalue weighted by atomic mass is 35.5. The van der Waals surface area contributed by atoms with Crippen molar-refractivity contribution in [3.63, 3.8) is 0 Å². The van der Waals surface area contributed by atoms with Gasteiger partial charge >= 0.3 is 5.97 Å². The SMILES string of the molecule is CC(=O)Oc1ccc(C=CCCCCl)cc1. The third kappa shape index (κ3) is 4.99. The molecule has 86 valence electrons. The van der Waals surface area contributed by atoms with Crippen molar-refractivity contribution in [3.8, 4) is 5.75 Å². The molecule has 0 heterocycles. The highest BCUT2D eigenvalue weighted by Crippen LogP contribution is 2.13. The molecule has 0 N–H and O–H groups in total. The van der Waals surface area contributed by atoms with E-state index >= 15 is 0 Å². The van der Waals surface area contributed by atoms with Gasteiger partial charge in [-0.15, -0.1) is 11.6 Å². The fraction of sp³-hybridized carbons (Fsp3) is 0.308. The molecule has 0 saturated carbocycles. The molecule has 16 heavy (non-hydrogen) atoms. The monoisotopic (exact) mass is 238 g/mol. The molecule has 0 atom stereocenters. The summed E-state index contributed by atoms with van der Waals surface area (Å²) in [7, 11) is 0. The topological polar surface area (TPSA) is 26.3 Å². The number of allylic oxidation sites excluding steroid dienone is 1. The lowest BCUT2D eigenvalue weighted by atomic mass is 10.2. The maximum Gasteiger partial charge on any atom is 0.308 e. The summed E-state index contributed by atoms with van der Waals surface area (Å²) in [6.45, 7) is 1.39. The van der Waals surface area contributed by atoms with Crippen LogP contribution in [0.5, 0.6) is 5.75 Å². The Balaban J connectivity index is 2.50. The lowest BCUT2D eigenvalue weighted by Crippen LogP contribution is -2.00. The van der Waals surface area contributed by atoms with E-state index in [4.69, 9.17) is 16.3 Å². The molecule has 0 fully saturated rings. The van der Waals surface area contributed by atoms with Crippen molar-refractivity contribution < 1.29 is 9.53 Å². The van der Waals surface area contributed by atoms with Crippen molar-refractivity contribution in [2.24, 2.45) is 0 Å². The van der Waals surface area contributed by atoms with Crippen LogP contribution in [-0.4, -0.2) is 11.8 Å². The summed E-state index contributed by atoms with van der Waals surface area (Å²) in [5.74, 6) is 0.964. The first-order chi connectivity index (χ1) is 7.72. The molecular formula is C13H15ClO2. The maximum atomic E-state index is 10.7. The van der Waals surface area contributed by atoms with Gasteiger partial charge < -0.3 is 4.74 Å². The van der Waals surface area contributed by atoms with Crippen LogP contribution in [0.1, 0.15) is 25.3 Å². The molecule has 1 aromatic carbocycles. The van der Waals surface area contributed by atoms with Gasteiger partial charge in [-0.1, -0.05) is 24.3 Å². The van der Waals surface area contributed by atoms with Crippen LogP contribution < -0.4 is 4.74 Å². The molecule has 2 nitrogen and oxygen atoms in total. The molecule has 0 saturated heterocycles. The number of benzene rings is 1. The number of esters is 1. The number of hydrogen-bond donors (Lipinski definition) is 0. The second-order valence-corrected chi connectivity index (χ2v) is 3.77. The van der Waals surface area contributed by atoms with Gasteiger partial charge in [0.1, 0.15) is 5.75 Å². The van der Waals surface area contributed by atoms with E-state index in [9.17, 15) is 4.79 Å². The third-order valence-corrected chi connectivity index (χ3v) is 2.22. The zero-order valence-electron chi connectivity index (χ0n) is 9.28. The van der Waals surface area contributed by atoms with Crippen LogP contribution in [0.4, 0.5) is 0 Å². The summed E-state index contributed by atoms with van der Waals surface area (Å²) in [5, 5.41) is 0. The number of carbonyl (C=O) groups is 1. The molecule has 0 radical (unpaired) electrons. The molecule has 0 amide bonds. The summed E-state index contributed by atoms with van der Waals surface area (Å²) in [4.78, 5) is 10.7. The minimum atomic E-state index is -0.301. The lowest BCUT2D eigenvalue weighted by Gasteiger charge is -2.00. The summed E-state index contributed by atoms with van der Waals surface area (Å²) in [5.41, 5.74) is 1.09. The smallest absolute Gasteiger partial charge is 0.308 e. The van der Waals surface area contributed by atoms with Crippen molar-refractivity contribution in [1.82, 2.24) is 0 Å². The lowest BCUT2D eigenvalue weighted by molar-refractivity contribution is -0.131. The number of alkyl halides is 1. The van der Waals surface area contributed by atoms with Gasteiger partial charge in [-0.05, 0) is 30.5 Å². The van der Waals surface area contributed by atoms with E-state index in [0.717, 1.165) is 18.4 Å². The van der Waals surface area contributed by atoms with E-state index in [2.05, 4.69) is 6.08 Å². The highest BCUT2D eigenvalue weighted by Gasteiger charge is 1.96. The molecular weight excluding hydrogens is 224 g/mol. The number of ether oxygens (including phenoxy) is 1. The molecule has 0 aliphatic heterocycles. The average Bonchev–Trinajstić information content (AvgIpc) is 2.26. The van der Waals surface area contributed by atoms with Crippen molar-refractivity contribution in [1.29, 1.82) is 0 Å². The van der Waals surface area contributed by atoms with Gasteiger partial charge in [-0.3, -0.25) is 4.79 Å². The number of unbranched alkanes of at least 4 members (excludes halogenated alkanes) is 1. The van der Waals surface area contributed by atoms with Crippen LogP contribution in [0.15, 0.2) is 30.3 Å².